The molecule has 0 aromatic carbocycles. The molecule has 6 nitrogen and oxygen atoms in total. The first kappa shape index (κ1) is 7.67. The van der Waals surface area contributed by atoms with E-state index in [0.717, 1.165) is 0 Å². The molecule has 3 heterocycles. The van der Waals surface area contributed by atoms with Gasteiger partial charge in [-0.1, -0.05) is 0 Å². The van der Waals surface area contributed by atoms with Gasteiger partial charge in [0.15, 0.2) is 6.10 Å². The lowest BCUT2D eigenvalue weighted by Gasteiger charge is -2.57. The van der Waals surface area contributed by atoms with Crippen LogP contribution in [0, 0.1) is 0 Å². The van der Waals surface area contributed by atoms with Crippen molar-refractivity contribution in [2.24, 2.45) is 5.73 Å². The van der Waals surface area contributed by atoms with Crippen LogP contribution in [0.25, 0.3) is 0 Å². The number of nitrogens with two attached hydrogens (primary N) is 1. The van der Waals surface area contributed by atoms with Gasteiger partial charge in [-0.3, -0.25) is 0 Å². The summed E-state index contributed by atoms with van der Waals surface area (Å²) in [6, 6.07) is -0.552. The zero-order valence-electron chi connectivity index (χ0n) is 5.76. The molecule has 3 N–H and O–H groups in total. The summed E-state index contributed by atoms with van der Waals surface area (Å²) in [6.45, 7) is 1.57. The molecule has 2 unspecified atom stereocenters. The second-order valence-electron chi connectivity index (χ2n) is 2.63. The lowest BCUT2D eigenvalue weighted by Crippen LogP contribution is -2.68. The van der Waals surface area contributed by atoms with E-state index in [2.05, 4.69) is 13.6 Å². The Morgan fingerprint density at radius 3 is 2.27 bits per heavy atom. The molecule has 0 saturated carbocycles. The Kier molecular flexibility index (Phi) is 1.29. The van der Waals surface area contributed by atoms with Gasteiger partial charge < -0.3 is 10.8 Å². The average Bonchev–Trinajstić information content (AvgIpc) is 1.77. The van der Waals surface area contributed by atoms with Gasteiger partial charge in [0.05, 0.1) is 0 Å². The van der Waals surface area contributed by atoms with Crippen molar-refractivity contribution >= 4 is 7.82 Å². The second kappa shape index (κ2) is 1.85. The van der Waals surface area contributed by atoms with Gasteiger partial charge in [0, 0.05) is 6.04 Å². The highest BCUT2D eigenvalue weighted by Gasteiger charge is 2.78. The molecule has 64 valence electrons. The standard InChI is InChI=1S/C4H8NO5P/c1-2(5)3(6)4-8-11(7,9-4)10-4/h2-3,6H,5H2,1H3. The van der Waals surface area contributed by atoms with E-state index in [-0.39, 0.29) is 0 Å². The van der Waals surface area contributed by atoms with Crippen LogP contribution in [-0.2, 0) is 18.1 Å². The summed E-state index contributed by atoms with van der Waals surface area (Å²) in [5.74, 6) is -1.52. The summed E-state index contributed by atoms with van der Waals surface area (Å²) in [5, 5.41) is 9.24. The van der Waals surface area contributed by atoms with E-state index < -0.39 is 25.9 Å². The lowest BCUT2D eigenvalue weighted by molar-refractivity contribution is -0.459. The van der Waals surface area contributed by atoms with Crippen molar-refractivity contribution in [1.82, 2.24) is 0 Å². The third-order valence-corrected chi connectivity index (χ3v) is 3.01. The van der Waals surface area contributed by atoms with Crippen molar-refractivity contribution in [2.75, 3.05) is 0 Å². The molecule has 0 aliphatic carbocycles. The van der Waals surface area contributed by atoms with Crippen molar-refractivity contribution in [1.29, 1.82) is 0 Å². The maximum absolute atomic E-state index is 10.6. The predicted molar refractivity (Wildman–Crippen MR) is 33.2 cm³/mol. The molecule has 0 spiro atoms. The molecular weight excluding hydrogens is 173 g/mol. The number of aliphatic hydroxyl groups excluding tert-OH is 1. The van der Waals surface area contributed by atoms with Gasteiger partial charge in [0.2, 0.25) is 0 Å². The topological polar surface area (TPSA) is 91.0 Å². The van der Waals surface area contributed by atoms with Crippen molar-refractivity contribution < 1.29 is 23.2 Å². The van der Waals surface area contributed by atoms with E-state index in [9.17, 15) is 9.67 Å². The Hall–Kier alpha value is 0.0300. The molecule has 11 heavy (non-hydrogen) atoms. The third-order valence-electron chi connectivity index (χ3n) is 1.58. The Morgan fingerprint density at radius 1 is 1.55 bits per heavy atom. The number of hydrogen-bond donors (Lipinski definition) is 2. The number of hydrogen-bond acceptors (Lipinski definition) is 6. The molecule has 3 aliphatic rings. The average molecular weight is 181 g/mol. The molecule has 2 atom stereocenters. The van der Waals surface area contributed by atoms with E-state index in [1.165, 1.54) is 0 Å². The summed E-state index contributed by atoms with van der Waals surface area (Å²) in [5.41, 5.74) is 5.32. The van der Waals surface area contributed by atoms with Crippen LogP contribution in [0.5, 0.6) is 0 Å². The Labute approximate surface area is 62.8 Å². The third kappa shape index (κ3) is 0.823. The summed E-state index contributed by atoms with van der Waals surface area (Å²) < 4.78 is 24.5. The molecule has 3 saturated heterocycles. The number of phosphoric ester groups is 1. The highest BCUT2D eigenvalue weighted by Crippen LogP contribution is 2.80. The molecule has 3 fully saturated rings. The first-order chi connectivity index (χ1) is 4.98. The molecule has 0 amide bonds. The largest absolute Gasteiger partial charge is 0.488 e. The second-order valence-corrected chi connectivity index (χ2v) is 4.07. The van der Waals surface area contributed by atoms with E-state index in [0.29, 0.717) is 0 Å². The molecule has 2 bridgehead atoms. The van der Waals surface area contributed by atoms with Crippen LogP contribution in [0.3, 0.4) is 0 Å². The van der Waals surface area contributed by atoms with Gasteiger partial charge in [-0.05, 0) is 6.92 Å². The van der Waals surface area contributed by atoms with E-state index in [1.807, 2.05) is 0 Å². The lowest BCUT2D eigenvalue weighted by atomic mass is 10.2. The number of rotatable bonds is 2. The predicted octanol–water partition coefficient (Wildman–Crippen LogP) is -0.467. The van der Waals surface area contributed by atoms with E-state index in [1.54, 1.807) is 6.92 Å². The van der Waals surface area contributed by atoms with Gasteiger partial charge in [0.25, 0.3) is 0 Å². The van der Waals surface area contributed by atoms with Crippen LogP contribution in [0.4, 0.5) is 0 Å². The quantitative estimate of drug-likeness (QED) is 0.560. The van der Waals surface area contributed by atoms with Crippen molar-refractivity contribution in [3.8, 4) is 0 Å². The monoisotopic (exact) mass is 181 g/mol. The fourth-order valence-corrected chi connectivity index (χ4v) is 2.27. The molecule has 0 aromatic heterocycles. The Bertz CT molecular complexity index is 214. The maximum Gasteiger partial charge on any atom is 0.488 e. The zero-order valence-corrected chi connectivity index (χ0v) is 6.65. The van der Waals surface area contributed by atoms with Gasteiger partial charge in [-0.2, -0.15) is 0 Å². The fourth-order valence-electron chi connectivity index (χ4n) is 0.972. The normalized spacial score (nSPS) is 52.3. The van der Waals surface area contributed by atoms with Crippen LogP contribution in [0.2, 0.25) is 0 Å². The molecule has 3 aliphatic heterocycles. The van der Waals surface area contributed by atoms with Crippen LogP contribution in [-0.4, -0.2) is 23.2 Å². The van der Waals surface area contributed by atoms with Gasteiger partial charge in [-0.25, -0.2) is 18.1 Å². The first-order valence-corrected chi connectivity index (χ1v) is 4.59. The minimum absolute atomic E-state index is 0.552. The van der Waals surface area contributed by atoms with E-state index in [4.69, 9.17) is 5.73 Å². The smallest absolute Gasteiger partial charge is 0.383 e. The van der Waals surface area contributed by atoms with E-state index >= 15 is 0 Å². The SMILES string of the molecule is CC(N)C(O)C12OP(=O)(O1)O2. The molecule has 7 heteroatoms. The summed E-state index contributed by atoms with van der Waals surface area (Å²) in [6.07, 6.45) is -1.10. The molecular formula is C4H8NO5P. The Balaban J connectivity index is 2.04. The van der Waals surface area contributed by atoms with Gasteiger partial charge in [-0.15, -0.1) is 0 Å². The van der Waals surface area contributed by atoms with Crippen LogP contribution < -0.4 is 5.73 Å². The number of phosphoric acid groups is 1. The summed E-state index contributed by atoms with van der Waals surface area (Å²) in [7, 11) is -3.20. The summed E-state index contributed by atoms with van der Waals surface area (Å²) >= 11 is 0. The van der Waals surface area contributed by atoms with Crippen molar-refractivity contribution in [3.63, 3.8) is 0 Å². The number of aliphatic hydroxyl groups is 1. The highest BCUT2D eigenvalue weighted by molar-refractivity contribution is 7.51. The molecule has 0 radical (unpaired) electrons. The molecule has 3 rings (SSSR count). The van der Waals surface area contributed by atoms with Gasteiger partial charge in [0.1, 0.15) is 0 Å². The summed E-state index contributed by atoms with van der Waals surface area (Å²) in [4.78, 5) is 0. The zero-order chi connectivity index (χ0) is 8.28. The van der Waals surface area contributed by atoms with Crippen LogP contribution in [0.1, 0.15) is 6.92 Å². The first-order valence-electron chi connectivity index (χ1n) is 3.13. The Morgan fingerprint density at radius 2 is 2.00 bits per heavy atom. The van der Waals surface area contributed by atoms with Crippen LogP contribution >= 0.6 is 7.82 Å². The fraction of sp³-hybridized carbons (Fsp3) is 1.00. The van der Waals surface area contributed by atoms with Gasteiger partial charge >= 0.3 is 13.8 Å². The minimum Gasteiger partial charge on any atom is -0.383 e. The minimum atomic E-state index is -3.20. The molecule has 0 aromatic rings. The van der Waals surface area contributed by atoms with Crippen molar-refractivity contribution in [2.45, 2.75) is 25.0 Å². The highest BCUT2D eigenvalue weighted by atomic mass is 31.2. The maximum atomic E-state index is 10.6. The van der Waals surface area contributed by atoms with Crippen LogP contribution in [0.15, 0.2) is 0 Å². The van der Waals surface area contributed by atoms with Crippen molar-refractivity contribution in [3.05, 3.63) is 0 Å².